The normalized spacial score (nSPS) is 11.3. The van der Waals surface area contributed by atoms with Crippen LogP contribution in [0, 0.1) is 13.8 Å². The summed E-state index contributed by atoms with van der Waals surface area (Å²) in [4.78, 5) is 4.19. The van der Waals surface area contributed by atoms with Crippen LogP contribution in [0.25, 0.3) is 0 Å². The van der Waals surface area contributed by atoms with Crippen LogP contribution in [0.1, 0.15) is 11.1 Å². The summed E-state index contributed by atoms with van der Waals surface area (Å²) in [6, 6.07) is 6.41. The smallest absolute Gasteiger partial charge is 0.262 e. The van der Waals surface area contributed by atoms with E-state index in [1.54, 1.807) is 25.1 Å². The Kier molecular flexibility index (Phi) is 4.01. The van der Waals surface area contributed by atoms with Gasteiger partial charge in [0.05, 0.1) is 16.8 Å². The van der Waals surface area contributed by atoms with E-state index in [4.69, 9.17) is 5.73 Å². The summed E-state index contributed by atoms with van der Waals surface area (Å²) in [5.74, 6) is 0. The van der Waals surface area contributed by atoms with Crippen LogP contribution in [-0.4, -0.2) is 13.4 Å². The third-order valence-corrected chi connectivity index (χ3v) is 4.84. The van der Waals surface area contributed by atoms with Crippen LogP contribution in [0.5, 0.6) is 0 Å². The number of aromatic nitrogens is 1. The van der Waals surface area contributed by atoms with Crippen molar-refractivity contribution in [3.8, 4) is 0 Å². The predicted molar refractivity (Wildman–Crippen MR) is 83.1 cm³/mol. The van der Waals surface area contributed by atoms with Crippen molar-refractivity contribution in [2.24, 2.45) is 0 Å². The van der Waals surface area contributed by atoms with Gasteiger partial charge in [0.15, 0.2) is 0 Å². The Morgan fingerprint density at radius 3 is 2.50 bits per heavy atom. The van der Waals surface area contributed by atoms with Crippen molar-refractivity contribution in [1.82, 2.24) is 4.98 Å². The number of aryl methyl sites for hydroxylation is 2. The molecule has 0 spiro atoms. The molecular weight excluding hydrogens is 342 g/mol. The molecule has 1 aromatic carbocycles. The fourth-order valence-corrected chi connectivity index (χ4v) is 3.15. The van der Waals surface area contributed by atoms with E-state index in [-0.39, 0.29) is 4.90 Å². The third-order valence-electron chi connectivity index (χ3n) is 2.65. The summed E-state index contributed by atoms with van der Waals surface area (Å²) in [5.41, 5.74) is 8.13. The van der Waals surface area contributed by atoms with Crippen LogP contribution in [0.2, 0.25) is 0 Å². The van der Waals surface area contributed by atoms with Crippen molar-refractivity contribution < 1.29 is 8.42 Å². The van der Waals surface area contributed by atoms with Gasteiger partial charge in [-0.25, -0.2) is 13.4 Å². The zero-order chi connectivity index (χ0) is 14.9. The maximum Gasteiger partial charge on any atom is 0.262 e. The van der Waals surface area contributed by atoms with E-state index < -0.39 is 10.0 Å². The Hall–Kier alpha value is -1.60. The molecule has 0 unspecified atom stereocenters. The molecule has 0 amide bonds. The molecule has 0 atom stereocenters. The quantitative estimate of drug-likeness (QED) is 0.654. The molecule has 1 heterocycles. The van der Waals surface area contributed by atoms with Crippen LogP contribution in [0.4, 0.5) is 11.4 Å². The van der Waals surface area contributed by atoms with E-state index >= 15 is 0 Å². The minimum absolute atomic E-state index is 0.135. The average molecular weight is 356 g/mol. The SMILES string of the molecule is Cc1cc(N)cc(S(=O)(=O)Nc2cnc(Br)c(C)c2)c1. The number of rotatable bonds is 3. The van der Waals surface area contributed by atoms with Gasteiger partial charge in [0, 0.05) is 5.69 Å². The lowest BCUT2D eigenvalue weighted by Gasteiger charge is -2.10. The van der Waals surface area contributed by atoms with Gasteiger partial charge in [0.1, 0.15) is 4.60 Å². The molecule has 0 fully saturated rings. The van der Waals surface area contributed by atoms with Gasteiger partial charge in [-0.3, -0.25) is 4.72 Å². The summed E-state index contributed by atoms with van der Waals surface area (Å²) < 4.78 is 27.8. The zero-order valence-corrected chi connectivity index (χ0v) is 13.4. The molecule has 0 radical (unpaired) electrons. The first kappa shape index (κ1) is 14.8. The van der Waals surface area contributed by atoms with Crippen molar-refractivity contribution in [2.75, 3.05) is 10.5 Å². The van der Waals surface area contributed by atoms with E-state index in [9.17, 15) is 8.42 Å². The number of hydrogen-bond donors (Lipinski definition) is 2. The van der Waals surface area contributed by atoms with Gasteiger partial charge in [-0.15, -0.1) is 0 Å². The van der Waals surface area contributed by atoms with Crippen molar-refractivity contribution >= 4 is 37.3 Å². The third kappa shape index (κ3) is 3.29. The maximum absolute atomic E-state index is 12.3. The van der Waals surface area contributed by atoms with Gasteiger partial charge in [0.2, 0.25) is 0 Å². The van der Waals surface area contributed by atoms with Crippen LogP contribution in [-0.2, 0) is 10.0 Å². The first-order valence-corrected chi connectivity index (χ1v) is 8.08. The highest BCUT2D eigenvalue weighted by Crippen LogP contribution is 2.22. The predicted octanol–water partition coefficient (Wildman–Crippen LogP) is 2.84. The van der Waals surface area contributed by atoms with E-state index in [2.05, 4.69) is 25.6 Å². The highest BCUT2D eigenvalue weighted by atomic mass is 79.9. The summed E-state index contributed by atoms with van der Waals surface area (Å²) in [5, 5.41) is 0. The molecule has 20 heavy (non-hydrogen) atoms. The van der Waals surface area contributed by atoms with Gasteiger partial charge in [-0.2, -0.15) is 0 Å². The number of pyridine rings is 1. The number of nitrogens with zero attached hydrogens (tertiary/aromatic N) is 1. The van der Waals surface area contributed by atoms with E-state index in [0.29, 0.717) is 16.0 Å². The Bertz CT molecular complexity index is 740. The molecule has 2 rings (SSSR count). The fourth-order valence-electron chi connectivity index (χ4n) is 1.76. The second kappa shape index (κ2) is 5.41. The number of hydrogen-bond acceptors (Lipinski definition) is 4. The number of nitrogens with two attached hydrogens (primary N) is 1. The molecule has 0 bridgehead atoms. The van der Waals surface area contributed by atoms with E-state index in [1.807, 2.05) is 6.92 Å². The second-order valence-corrected chi connectivity index (χ2v) is 6.95. The summed E-state index contributed by atoms with van der Waals surface area (Å²) in [7, 11) is -3.67. The highest BCUT2D eigenvalue weighted by molar-refractivity contribution is 9.10. The summed E-state index contributed by atoms with van der Waals surface area (Å²) in [6.45, 7) is 3.63. The molecule has 2 aromatic rings. The number of nitrogen functional groups attached to an aromatic ring is 1. The van der Waals surface area contributed by atoms with Crippen LogP contribution in [0.3, 0.4) is 0 Å². The molecule has 7 heteroatoms. The second-order valence-electron chi connectivity index (χ2n) is 4.52. The fraction of sp³-hybridized carbons (Fsp3) is 0.154. The molecule has 1 aromatic heterocycles. The first-order valence-electron chi connectivity index (χ1n) is 5.80. The molecule has 0 aliphatic rings. The van der Waals surface area contributed by atoms with Crippen LogP contribution < -0.4 is 10.5 Å². The molecule has 0 aliphatic carbocycles. The number of sulfonamides is 1. The molecular formula is C13H14BrN3O2S. The number of benzene rings is 1. The Balaban J connectivity index is 2.37. The highest BCUT2D eigenvalue weighted by Gasteiger charge is 2.15. The van der Waals surface area contributed by atoms with Gasteiger partial charge in [0.25, 0.3) is 10.0 Å². The summed E-state index contributed by atoms with van der Waals surface area (Å²) in [6.07, 6.45) is 1.45. The van der Waals surface area contributed by atoms with E-state index in [0.717, 1.165) is 11.1 Å². The van der Waals surface area contributed by atoms with Gasteiger partial charge >= 0.3 is 0 Å². The van der Waals surface area contributed by atoms with Crippen molar-refractivity contribution in [1.29, 1.82) is 0 Å². The van der Waals surface area contributed by atoms with Crippen molar-refractivity contribution in [2.45, 2.75) is 18.7 Å². The molecule has 0 saturated heterocycles. The average Bonchev–Trinajstić information content (AvgIpc) is 2.32. The Morgan fingerprint density at radius 2 is 1.90 bits per heavy atom. The summed E-state index contributed by atoms with van der Waals surface area (Å²) >= 11 is 3.27. The molecule has 106 valence electrons. The number of anilines is 2. The lowest BCUT2D eigenvalue weighted by molar-refractivity contribution is 0.601. The van der Waals surface area contributed by atoms with Gasteiger partial charge in [-0.1, -0.05) is 0 Å². The topological polar surface area (TPSA) is 85.1 Å². The number of halogens is 1. The lowest BCUT2D eigenvalue weighted by atomic mass is 10.2. The molecule has 0 aliphatic heterocycles. The Morgan fingerprint density at radius 1 is 1.20 bits per heavy atom. The van der Waals surface area contributed by atoms with Gasteiger partial charge in [-0.05, 0) is 65.2 Å². The minimum atomic E-state index is -3.67. The minimum Gasteiger partial charge on any atom is -0.399 e. The van der Waals surface area contributed by atoms with Gasteiger partial charge < -0.3 is 5.73 Å². The molecule has 3 N–H and O–H groups in total. The first-order chi connectivity index (χ1) is 9.28. The van der Waals surface area contributed by atoms with Crippen LogP contribution in [0.15, 0.2) is 40.0 Å². The zero-order valence-electron chi connectivity index (χ0n) is 11.0. The van der Waals surface area contributed by atoms with Crippen LogP contribution >= 0.6 is 15.9 Å². The number of nitrogens with one attached hydrogen (secondary N) is 1. The largest absolute Gasteiger partial charge is 0.399 e. The Labute approximate surface area is 126 Å². The van der Waals surface area contributed by atoms with Crippen molar-refractivity contribution in [3.05, 3.63) is 46.2 Å². The van der Waals surface area contributed by atoms with E-state index in [1.165, 1.54) is 12.3 Å². The standard InChI is InChI=1S/C13H14BrN3O2S/c1-8-3-10(15)6-12(4-8)20(18,19)17-11-5-9(2)13(14)16-7-11/h3-7,17H,15H2,1-2H3. The van der Waals surface area contributed by atoms with Crippen molar-refractivity contribution in [3.63, 3.8) is 0 Å². The molecule has 0 saturated carbocycles. The molecule has 5 nitrogen and oxygen atoms in total. The monoisotopic (exact) mass is 355 g/mol. The maximum atomic E-state index is 12.3. The lowest BCUT2D eigenvalue weighted by Crippen LogP contribution is -2.14.